The summed E-state index contributed by atoms with van der Waals surface area (Å²) < 4.78 is 5.41. The van der Waals surface area contributed by atoms with Crippen LogP contribution in [-0.4, -0.2) is 46.9 Å². The van der Waals surface area contributed by atoms with Crippen molar-refractivity contribution in [2.45, 2.75) is 32.2 Å². The number of nitrogens with zero attached hydrogens (tertiary/aromatic N) is 6. The first-order chi connectivity index (χ1) is 15.1. The van der Waals surface area contributed by atoms with Crippen LogP contribution in [0.4, 0.5) is 5.82 Å². The molecule has 5 rings (SSSR count). The highest BCUT2D eigenvalue weighted by Crippen LogP contribution is 2.24. The zero-order valence-electron chi connectivity index (χ0n) is 16.4. The molecule has 2 amide bonds. The zero-order valence-corrected chi connectivity index (χ0v) is 16.4. The van der Waals surface area contributed by atoms with Gasteiger partial charge in [0.15, 0.2) is 17.2 Å². The molecule has 0 aliphatic carbocycles. The Morgan fingerprint density at radius 2 is 2.13 bits per heavy atom. The lowest BCUT2D eigenvalue weighted by atomic mass is 10.1. The van der Waals surface area contributed by atoms with Crippen molar-refractivity contribution in [2.75, 3.05) is 5.32 Å². The Bertz CT molecular complexity index is 1260. The number of aromatic amines is 1. The molecule has 3 N–H and O–H groups in total. The van der Waals surface area contributed by atoms with Gasteiger partial charge in [0.1, 0.15) is 35.4 Å². The van der Waals surface area contributed by atoms with E-state index in [4.69, 9.17) is 4.52 Å². The van der Waals surface area contributed by atoms with Gasteiger partial charge in [0.05, 0.1) is 12.2 Å². The maximum atomic E-state index is 12.9. The first kappa shape index (κ1) is 18.8. The molecule has 1 aliphatic heterocycles. The molecule has 12 heteroatoms. The van der Waals surface area contributed by atoms with Gasteiger partial charge in [0.2, 0.25) is 5.91 Å². The minimum Gasteiger partial charge on any atom is -0.358 e. The Labute approximate surface area is 174 Å². The number of carbonyl (C=O) groups is 2. The fourth-order valence-electron chi connectivity index (χ4n) is 3.40. The smallest absolute Gasteiger partial charge is 0.270 e. The molecule has 4 aromatic rings. The topological polar surface area (TPSA) is 164 Å². The van der Waals surface area contributed by atoms with Crippen LogP contribution in [0.1, 0.15) is 47.6 Å². The summed E-state index contributed by atoms with van der Waals surface area (Å²) in [5.74, 6) is 0.802. The quantitative estimate of drug-likeness (QED) is 0.445. The Morgan fingerprint density at radius 3 is 3.00 bits per heavy atom. The van der Waals surface area contributed by atoms with Crippen molar-refractivity contribution in [3.8, 4) is 11.5 Å². The second-order valence-electron chi connectivity index (χ2n) is 7.11. The van der Waals surface area contributed by atoms with E-state index in [1.54, 1.807) is 19.2 Å². The van der Waals surface area contributed by atoms with E-state index in [0.717, 1.165) is 0 Å². The standard InChI is InChI=1S/C19H17N9O3/c1-9(13-5-11(28-31-13)18-25-12-6-20-7-22-17(12)27-18)24-19(30)15-10-3-2-4-14(29)26-16(10)23-8-21-15/h5-9H,2-4H2,1H3,(H,24,30)(H,20,22,25,27)(H,21,23,26,29)/t9-/m1/s1. The molecule has 0 fully saturated rings. The van der Waals surface area contributed by atoms with Crippen LogP contribution in [-0.2, 0) is 11.2 Å². The van der Waals surface area contributed by atoms with Crippen LogP contribution < -0.4 is 10.6 Å². The van der Waals surface area contributed by atoms with Gasteiger partial charge in [0.25, 0.3) is 5.91 Å². The highest BCUT2D eigenvalue weighted by Gasteiger charge is 2.24. The number of rotatable bonds is 4. The van der Waals surface area contributed by atoms with Crippen molar-refractivity contribution in [1.29, 1.82) is 0 Å². The third-order valence-corrected chi connectivity index (χ3v) is 4.96. The van der Waals surface area contributed by atoms with Crippen molar-refractivity contribution in [2.24, 2.45) is 0 Å². The lowest BCUT2D eigenvalue weighted by Crippen LogP contribution is -2.28. The van der Waals surface area contributed by atoms with Gasteiger partial charge < -0.3 is 20.1 Å². The van der Waals surface area contributed by atoms with Crippen molar-refractivity contribution in [3.63, 3.8) is 0 Å². The summed E-state index contributed by atoms with van der Waals surface area (Å²) in [5.41, 5.74) is 2.54. The van der Waals surface area contributed by atoms with Crippen LogP contribution in [0, 0.1) is 0 Å². The lowest BCUT2D eigenvalue weighted by molar-refractivity contribution is -0.116. The van der Waals surface area contributed by atoms with E-state index in [9.17, 15) is 9.59 Å². The second kappa shape index (κ2) is 7.55. The maximum absolute atomic E-state index is 12.9. The summed E-state index contributed by atoms with van der Waals surface area (Å²) in [4.78, 5) is 48.3. The monoisotopic (exact) mass is 419 g/mol. The first-order valence-corrected chi connectivity index (χ1v) is 9.66. The Balaban J connectivity index is 1.35. The highest BCUT2D eigenvalue weighted by atomic mass is 16.5. The average molecular weight is 419 g/mol. The number of aromatic nitrogens is 7. The third-order valence-electron chi connectivity index (χ3n) is 4.96. The van der Waals surface area contributed by atoms with Crippen molar-refractivity contribution in [3.05, 3.63) is 41.9 Å². The van der Waals surface area contributed by atoms with Gasteiger partial charge in [-0.05, 0) is 19.8 Å². The van der Waals surface area contributed by atoms with Crippen LogP contribution in [0.25, 0.3) is 22.7 Å². The van der Waals surface area contributed by atoms with E-state index < -0.39 is 6.04 Å². The van der Waals surface area contributed by atoms with Gasteiger partial charge >= 0.3 is 0 Å². The molecule has 5 heterocycles. The van der Waals surface area contributed by atoms with Crippen molar-refractivity contribution >= 4 is 28.8 Å². The Kier molecular flexibility index (Phi) is 4.58. The van der Waals surface area contributed by atoms with Gasteiger partial charge in [-0.3, -0.25) is 9.59 Å². The molecule has 12 nitrogen and oxygen atoms in total. The molecule has 156 valence electrons. The minimum absolute atomic E-state index is 0.122. The summed E-state index contributed by atoms with van der Waals surface area (Å²) in [6.07, 6.45) is 5.83. The molecule has 1 atom stereocenters. The van der Waals surface area contributed by atoms with Crippen LogP contribution in [0.2, 0.25) is 0 Å². The van der Waals surface area contributed by atoms with Gasteiger partial charge in [-0.2, -0.15) is 0 Å². The molecular formula is C19H17N9O3. The summed E-state index contributed by atoms with van der Waals surface area (Å²) in [6.45, 7) is 1.77. The molecule has 0 aromatic carbocycles. The molecular weight excluding hydrogens is 402 g/mol. The number of hydrogen-bond acceptors (Lipinski definition) is 9. The number of carbonyl (C=O) groups excluding carboxylic acids is 2. The van der Waals surface area contributed by atoms with E-state index in [1.165, 1.54) is 12.7 Å². The number of fused-ring (bicyclic) bond motifs is 2. The molecule has 4 aromatic heterocycles. The van der Waals surface area contributed by atoms with Crippen LogP contribution >= 0.6 is 0 Å². The third kappa shape index (κ3) is 3.58. The van der Waals surface area contributed by atoms with E-state index in [2.05, 4.69) is 45.7 Å². The molecule has 0 saturated carbocycles. The summed E-state index contributed by atoms with van der Waals surface area (Å²) in [6, 6.07) is 1.21. The lowest BCUT2D eigenvalue weighted by Gasteiger charge is -2.13. The molecule has 0 bridgehead atoms. The normalized spacial score (nSPS) is 14.5. The number of anilines is 1. The largest absolute Gasteiger partial charge is 0.358 e. The van der Waals surface area contributed by atoms with E-state index >= 15 is 0 Å². The number of hydrogen-bond donors (Lipinski definition) is 3. The average Bonchev–Trinajstić information content (AvgIpc) is 3.37. The molecule has 0 radical (unpaired) electrons. The predicted molar refractivity (Wildman–Crippen MR) is 107 cm³/mol. The number of H-pyrrole nitrogens is 1. The molecule has 1 aliphatic rings. The fourth-order valence-corrected chi connectivity index (χ4v) is 3.40. The fraction of sp³-hybridized carbons (Fsp3) is 0.263. The molecule has 0 unspecified atom stereocenters. The van der Waals surface area contributed by atoms with Gasteiger partial charge in [-0.1, -0.05) is 5.16 Å². The van der Waals surface area contributed by atoms with E-state index in [0.29, 0.717) is 59.1 Å². The molecule has 0 saturated heterocycles. The van der Waals surface area contributed by atoms with E-state index in [1.807, 2.05) is 0 Å². The van der Waals surface area contributed by atoms with Crippen LogP contribution in [0.5, 0.6) is 0 Å². The number of nitrogens with one attached hydrogen (secondary N) is 3. The van der Waals surface area contributed by atoms with E-state index in [-0.39, 0.29) is 17.5 Å². The first-order valence-electron chi connectivity index (χ1n) is 9.66. The Hall–Kier alpha value is -4.22. The number of imidazole rings is 1. The van der Waals surface area contributed by atoms with Crippen molar-refractivity contribution < 1.29 is 14.1 Å². The summed E-state index contributed by atoms with van der Waals surface area (Å²) >= 11 is 0. The summed E-state index contributed by atoms with van der Waals surface area (Å²) in [5, 5.41) is 9.61. The SMILES string of the molecule is C[C@@H](NC(=O)c1ncnc2c1CCCC(=O)N2)c1cc(-c2nc3ncncc3[nH]2)no1. The van der Waals surface area contributed by atoms with Gasteiger partial charge in [-0.25, -0.2) is 24.9 Å². The maximum Gasteiger partial charge on any atom is 0.270 e. The number of amides is 2. The predicted octanol–water partition coefficient (Wildman–Crippen LogP) is 1.56. The van der Waals surface area contributed by atoms with Gasteiger partial charge in [-0.15, -0.1) is 0 Å². The molecule has 31 heavy (non-hydrogen) atoms. The molecule has 0 spiro atoms. The van der Waals surface area contributed by atoms with Crippen LogP contribution in [0.3, 0.4) is 0 Å². The minimum atomic E-state index is -0.482. The van der Waals surface area contributed by atoms with Gasteiger partial charge in [0, 0.05) is 18.1 Å². The van der Waals surface area contributed by atoms with Crippen molar-refractivity contribution in [1.82, 2.24) is 40.4 Å². The Morgan fingerprint density at radius 1 is 1.23 bits per heavy atom. The highest BCUT2D eigenvalue weighted by molar-refractivity contribution is 5.97. The summed E-state index contributed by atoms with van der Waals surface area (Å²) in [7, 11) is 0. The zero-order chi connectivity index (χ0) is 21.4. The second-order valence-corrected chi connectivity index (χ2v) is 7.11. The van der Waals surface area contributed by atoms with Crippen LogP contribution in [0.15, 0.2) is 29.4 Å².